The van der Waals surface area contributed by atoms with E-state index in [9.17, 15) is 0 Å². The van der Waals surface area contributed by atoms with E-state index < -0.39 is 0 Å². The van der Waals surface area contributed by atoms with Crippen LogP contribution in [-0.4, -0.2) is 6.40 Å². The van der Waals surface area contributed by atoms with Gasteiger partial charge in [0.2, 0.25) is 0 Å². The van der Waals surface area contributed by atoms with Gasteiger partial charge < -0.3 is 4.74 Å². The molecular formula is C2H3N2OS. The zero-order chi connectivity index (χ0) is 4.41. The van der Waals surface area contributed by atoms with Crippen LogP contribution in [0.4, 0.5) is 0 Å². The second kappa shape index (κ2) is 1.38. The van der Waals surface area contributed by atoms with Gasteiger partial charge in [-0.05, 0) is 0 Å². The van der Waals surface area contributed by atoms with Gasteiger partial charge in [-0.25, -0.2) is 0 Å². The van der Waals surface area contributed by atoms with Crippen LogP contribution < -0.4 is 5.43 Å². The van der Waals surface area contributed by atoms with Crippen LogP contribution in [0.5, 0.6) is 0 Å². The molecular weight excluding hydrogens is 100 g/mol. The Kier molecular flexibility index (Phi) is 0.874. The Balaban J connectivity index is 2.32. The molecule has 0 saturated carbocycles. The van der Waals surface area contributed by atoms with Crippen molar-refractivity contribution in [3.05, 3.63) is 5.56 Å². The monoisotopic (exact) mass is 103 g/mol. The fourth-order valence-corrected chi connectivity index (χ4v) is 0.289. The number of nitrogens with one attached hydrogen (secondary N) is 1. The smallest absolute Gasteiger partial charge is 0.313 e. The van der Waals surface area contributed by atoms with Gasteiger partial charge in [0.25, 0.3) is 0 Å². The maximum atomic E-state index is 4.53. The summed E-state index contributed by atoms with van der Waals surface area (Å²) in [5.41, 5.74) is 2.87. The summed E-state index contributed by atoms with van der Waals surface area (Å²) in [7, 11) is 0. The first-order valence-electron chi connectivity index (χ1n) is 1.40. The minimum Gasteiger partial charge on any atom is -0.438 e. The molecule has 3 nitrogen and oxygen atoms in total. The van der Waals surface area contributed by atoms with Gasteiger partial charge in [-0.3, -0.25) is 5.43 Å². The third-order valence-electron chi connectivity index (χ3n) is 0.377. The lowest BCUT2D eigenvalue weighted by atomic mass is 11.3. The highest BCUT2D eigenvalue weighted by Crippen LogP contribution is 2.03. The van der Waals surface area contributed by atoms with E-state index in [1.165, 1.54) is 6.40 Å². The van der Waals surface area contributed by atoms with Crippen molar-refractivity contribution in [1.29, 1.82) is 0 Å². The molecule has 0 aromatic carbocycles. The fourth-order valence-electron chi connectivity index (χ4n) is 0.184. The van der Waals surface area contributed by atoms with E-state index in [1.807, 2.05) is 0 Å². The first kappa shape index (κ1) is 3.80. The van der Waals surface area contributed by atoms with Gasteiger partial charge in [-0.2, -0.15) is 0 Å². The molecule has 0 aliphatic carbocycles. The highest BCUT2D eigenvalue weighted by atomic mass is 32.1. The molecule has 1 N–H and O–H groups in total. The molecule has 1 aliphatic rings. The SMILES string of the molecule is S[C]1NN=CO1. The second-order valence-corrected chi connectivity index (χ2v) is 1.18. The van der Waals surface area contributed by atoms with Crippen molar-refractivity contribution in [3.63, 3.8) is 0 Å². The lowest BCUT2D eigenvalue weighted by molar-refractivity contribution is 0.394. The van der Waals surface area contributed by atoms with Gasteiger partial charge in [0.05, 0.1) is 0 Å². The number of thiol groups is 1. The lowest BCUT2D eigenvalue weighted by Gasteiger charge is -1.92. The maximum absolute atomic E-state index is 4.53. The van der Waals surface area contributed by atoms with Gasteiger partial charge in [-0.1, -0.05) is 0 Å². The van der Waals surface area contributed by atoms with Crippen LogP contribution in [0.2, 0.25) is 0 Å². The second-order valence-electron chi connectivity index (χ2n) is 0.769. The molecule has 0 saturated heterocycles. The molecule has 1 heterocycles. The van der Waals surface area contributed by atoms with Crippen LogP contribution in [0.1, 0.15) is 0 Å². The first-order valence-corrected chi connectivity index (χ1v) is 1.84. The molecule has 33 valence electrons. The van der Waals surface area contributed by atoms with Crippen LogP contribution >= 0.6 is 12.6 Å². The molecule has 0 spiro atoms. The summed E-state index contributed by atoms with van der Waals surface area (Å²) in [6.45, 7) is 0. The van der Waals surface area contributed by atoms with Crippen molar-refractivity contribution in [1.82, 2.24) is 5.43 Å². The molecule has 0 aromatic heterocycles. The molecule has 6 heavy (non-hydrogen) atoms. The topological polar surface area (TPSA) is 33.6 Å². The third kappa shape index (κ3) is 0.567. The van der Waals surface area contributed by atoms with Gasteiger partial charge in [0.1, 0.15) is 0 Å². The average molecular weight is 103 g/mol. The zero-order valence-corrected chi connectivity index (χ0v) is 3.77. The predicted octanol–water partition coefficient (Wildman–Crippen LogP) is -0.0737. The summed E-state index contributed by atoms with van der Waals surface area (Å²) < 4.78 is 4.53. The number of nitrogens with zero attached hydrogens (tertiary/aromatic N) is 1. The van der Waals surface area contributed by atoms with Crippen LogP contribution in [0.25, 0.3) is 0 Å². The van der Waals surface area contributed by atoms with E-state index in [-0.39, 0.29) is 0 Å². The Morgan fingerprint density at radius 1 is 2.00 bits per heavy atom. The van der Waals surface area contributed by atoms with Crippen LogP contribution in [-0.2, 0) is 4.74 Å². The molecule has 0 unspecified atom stereocenters. The fraction of sp³-hybridized carbons (Fsp3) is 0. The predicted molar refractivity (Wildman–Crippen MR) is 24.9 cm³/mol. The summed E-state index contributed by atoms with van der Waals surface area (Å²) in [5.74, 6) is 0. The zero-order valence-electron chi connectivity index (χ0n) is 2.88. The van der Waals surface area contributed by atoms with E-state index in [1.54, 1.807) is 0 Å². The van der Waals surface area contributed by atoms with Crippen molar-refractivity contribution >= 4 is 19.0 Å². The molecule has 0 amide bonds. The summed E-state index contributed by atoms with van der Waals surface area (Å²) in [4.78, 5) is 0. The highest BCUT2D eigenvalue weighted by molar-refractivity contribution is 7.83. The average Bonchev–Trinajstić information content (AvgIpc) is 1.86. The highest BCUT2D eigenvalue weighted by Gasteiger charge is 2.03. The molecule has 0 atom stereocenters. The Hall–Kier alpha value is -0.380. The van der Waals surface area contributed by atoms with Gasteiger partial charge in [0.15, 0.2) is 6.40 Å². The van der Waals surface area contributed by atoms with Crippen molar-refractivity contribution in [2.45, 2.75) is 0 Å². The number of rotatable bonds is 0. The largest absolute Gasteiger partial charge is 0.438 e. The number of ether oxygens (including phenoxy) is 1. The van der Waals surface area contributed by atoms with Gasteiger partial charge in [0, 0.05) is 0 Å². The van der Waals surface area contributed by atoms with Gasteiger partial charge in [-0.15, -0.1) is 17.7 Å². The number of hydrazone groups is 1. The molecule has 1 aliphatic heterocycles. The van der Waals surface area contributed by atoms with E-state index in [4.69, 9.17) is 0 Å². The summed E-state index contributed by atoms with van der Waals surface area (Å²) in [6.07, 6.45) is 1.28. The quantitative estimate of drug-likeness (QED) is 0.421. The standard InChI is InChI=1S/C2H3N2OS/c6-2-4-3-1-5-2/h1,4,6H. The van der Waals surface area contributed by atoms with E-state index in [0.717, 1.165) is 0 Å². The van der Waals surface area contributed by atoms with Crippen molar-refractivity contribution in [2.24, 2.45) is 5.10 Å². The third-order valence-corrected chi connectivity index (χ3v) is 0.583. The van der Waals surface area contributed by atoms with E-state index in [2.05, 4.69) is 27.9 Å². The van der Waals surface area contributed by atoms with Crippen LogP contribution in [0.3, 0.4) is 0 Å². The summed E-state index contributed by atoms with van der Waals surface area (Å²) in [5, 5.41) is 3.45. The minimum atomic E-state index is 0.426. The van der Waals surface area contributed by atoms with Crippen LogP contribution in [0, 0.1) is 5.56 Å². The summed E-state index contributed by atoms with van der Waals surface area (Å²) >= 11 is 3.75. The van der Waals surface area contributed by atoms with E-state index >= 15 is 0 Å². The molecule has 4 heteroatoms. The Labute approximate surface area is 40.8 Å². The molecule has 1 radical (unpaired) electrons. The Morgan fingerprint density at radius 2 is 2.83 bits per heavy atom. The van der Waals surface area contributed by atoms with Crippen molar-refractivity contribution in [2.75, 3.05) is 0 Å². The van der Waals surface area contributed by atoms with Crippen molar-refractivity contribution < 1.29 is 4.74 Å². The normalized spacial score (nSPS) is 20.2. The number of hydrogen-bond donors (Lipinski definition) is 2. The minimum absolute atomic E-state index is 0.426. The molecule has 1 rings (SSSR count). The van der Waals surface area contributed by atoms with Crippen molar-refractivity contribution in [3.8, 4) is 0 Å². The number of hydrogen-bond acceptors (Lipinski definition) is 4. The Morgan fingerprint density at radius 3 is 3.00 bits per heavy atom. The van der Waals surface area contributed by atoms with E-state index in [0.29, 0.717) is 5.56 Å². The van der Waals surface area contributed by atoms with Gasteiger partial charge >= 0.3 is 5.56 Å². The first-order chi connectivity index (χ1) is 2.89. The molecule has 0 bridgehead atoms. The molecule has 0 fully saturated rings. The van der Waals surface area contributed by atoms with Crippen LogP contribution in [0.15, 0.2) is 5.10 Å². The Bertz CT molecular complexity index is 65.9. The molecule has 0 aromatic rings. The lowest BCUT2D eigenvalue weighted by Crippen LogP contribution is -2.01. The summed E-state index contributed by atoms with van der Waals surface area (Å²) in [6, 6.07) is 0. The maximum Gasteiger partial charge on any atom is 0.313 e.